The highest BCUT2D eigenvalue weighted by Gasteiger charge is 2.33. The summed E-state index contributed by atoms with van der Waals surface area (Å²) in [6.45, 7) is 9.38. The molecule has 0 heterocycles. The number of hydrogen-bond acceptors (Lipinski definition) is 4. The molecule has 0 aliphatic carbocycles. The minimum absolute atomic E-state index is 0.207. The number of ether oxygens (including phenoxy) is 1. The molecule has 0 aliphatic heterocycles. The highest BCUT2D eigenvalue weighted by atomic mass is 31.0. The Balaban J connectivity index is 0.00000163. The third-order valence-electron chi connectivity index (χ3n) is 3.91. The molecular weight excluding hydrogens is 347 g/mol. The van der Waals surface area contributed by atoms with Gasteiger partial charge in [-0.1, -0.05) is 48.0 Å². The summed E-state index contributed by atoms with van der Waals surface area (Å²) in [6.07, 6.45) is -0.267. The predicted octanol–water partition coefficient (Wildman–Crippen LogP) is 5.00. The van der Waals surface area contributed by atoms with E-state index in [1.165, 1.54) is 0 Å². The first-order valence-electron chi connectivity index (χ1n) is 8.39. The number of Topliss-reactive ketones (excluding diaryl/α,β-unsaturated/α-hetero) is 1. The van der Waals surface area contributed by atoms with Crippen LogP contribution in [0.4, 0.5) is 0 Å². The second kappa shape index (κ2) is 9.98. The molecule has 1 atom stereocenters. The molecule has 26 heavy (non-hydrogen) atoms. The fourth-order valence-corrected chi connectivity index (χ4v) is 3.05. The number of rotatable bonds is 5. The average Bonchev–Trinajstić information content (AvgIpc) is 2.56. The monoisotopic (exact) mass is 372 g/mol. The molecule has 1 unspecified atom stereocenters. The highest BCUT2D eigenvalue weighted by molar-refractivity contribution is 7.00. The van der Waals surface area contributed by atoms with Crippen molar-refractivity contribution in [3.8, 4) is 0 Å². The lowest BCUT2D eigenvalue weighted by Crippen LogP contribution is -2.27. The lowest BCUT2D eigenvalue weighted by Gasteiger charge is -2.19. The molecule has 138 valence electrons. The summed E-state index contributed by atoms with van der Waals surface area (Å²) in [6, 6.07) is 13.0. The van der Waals surface area contributed by atoms with E-state index in [2.05, 4.69) is 0 Å². The highest BCUT2D eigenvalue weighted by Crippen LogP contribution is 2.27. The molecule has 2 rings (SSSR count). The standard InChI is InChI=1S/C21H24O3.HOP/c1-13(2)24-21(23)19(17-9-7-6-8-10-17)20(22)18-15(4)11-14(3)12-16(18)5;1-2/h6-13,19H,1-5H3;2H. The molecule has 0 aliphatic rings. The first kappa shape index (κ1) is 21.7. The Morgan fingerprint density at radius 1 is 0.923 bits per heavy atom. The summed E-state index contributed by atoms with van der Waals surface area (Å²) in [5.41, 5.74) is 4.14. The van der Waals surface area contributed by atoms with Crippen LogP contribution in [0.3, 0.4) is 0 Å². The van der Waals surface area contributed by atoms with Crippen LogP contribution in [-0.2, 0) is 14.1 Å². The molecule has 5 heteroatoms. The minimum Gasteiger partial charge on any atom is -0.462 e. The third-order valence-corrected chi connectivity index (χ3v) is 3.91. The van der Waals surface area contributed by atoms with Gasteiger partial charge < -0.3 is 4.74 Å². The largest absolute Gasteiger partial charge is 0.462 e. The number of esters is 1. The van der Waals surface area contributed by atoms with Crippen molar-refractivity contribution in [2.45, 2.75) is 46.6 Å². The molecule has 0 fully saturated rings. The van der Waals surface area contributed by atoms with Crippen molar-refractivity contribution in [3.05, 3.63) is 70.3 Å². The number of carbonyl (C=O) groups is 2. The van der Waals surface area contributed by atoms with Crippen LogP contribution in [0.25, 0.3) is 0 Å². The van der Waals surface area contributed by atoms with E-state index in [-0.39, 0.29) is 11.9 Å². The summed E-state index contributed by atoms with van der Waals surface area (Å²) in [5, 5.41) is 0. The van der Waals surface area contributed by atoms with Gasteiger partial charge in [0.25, 0.3) is 0 Å². The Bertz CT molecular complexity index is 746. The van der Waals surface area contributed by atoms with Crippen LogP contribution >= 0.6 is 9.12 Å². The van der Waals surface area contributed by atoms with Crippen LogP contribution in [0.5, 0.6) is 0 Å². The summed E-state index contributed by atoms with van der Waals surface area (Å²) in [7, 11) is 1.72. The summed E-state index contributed by atoms with van der Waals surface area (Å²) in [4.78, 5) is 25.8. The maximum atomic E-state index is 13.2. The van der Waals surface area contributed by atoms with Gasteiger partial charge in [0.2, 0.25) is 0 Å². The van der Waals surface area contributed by atoms with E-state index in [0.717, 1.165) is 16.7 Å². The second-order valence-electron chi connectivity index (χ2n) is 6.47. The maximum absolute atomic E-state index is 13.2. The van der Waals surface area contributed by atoms with Crippen molar-refractivity contribution >= 4 is 20.9 Å². The molecule has 4 nitrogen and oxygen atoms in total. The van der Waals surface area contributed by atoms with E-state index in [1.54, 1.807) is 35.1 Å². The average molecular weight is 372 g/mol. The van der Waals surface area contributed by atoms with E-state index in [0.29, 0.717) is 11.1 Å². The Morgan fingerprint density at radius 2 is 1.42 bits per heavy atom. The number of carbonyl (C=O) groups excluding carboxylic acids is 2. The summed E-state index contributed by atoms with van der Waals surface area (Å²) < 4.78 is 13.4. The minimum atomic E-state index is -0.936. The van der Waals surface area contributed by atoms with Gasteiger partial charge in [-0.25, -0.2) is 0 Å². The lowest BCUT2D eigenvalue weighted by molar-refractivity contribution is -0.147. The molecule has 0 radical (unpaired) electrons. The number of aryl methyl sites for hydroxylation is 3. The van der Waals surface area contributed by atoms with Gasteiger partial charge in [0.1, 0.15) is 15.0 Å². The second-order valence-corrected chi connectivity index (χ2v) is 6.47. The van der Waals surface area contributed by atoms with Gasteiger partial charge in [-0.15, -0.1) is 0 Å². The molecule has 2 aromatic rings. The number of hydrogen-bond donors (Lipinski definition) is 0. The predicted molar refractivity (Wildman–Crippen MR) is 104 cm³/mol. The van der Waals surface area contributed by atoms with Gasteiger partial charge in [-0.2, -0.15) is 0 Å². The topological polar surface area (TPSA) is 60.4 Å². The molecule has 0 saturated heterocycles. The molecule has 0 saturated carbocycles. The van der Waals surface area contributed by atoms with Crippen molar-refractivity contribution in [2.24, 2.45) is 0 Å². The Morgan fingerprint density at radius 3 is 1.88 bits per heavy atom. The van der Waals surface area contributed by atoms with E-state index in [9.17, 15) is 9.59 Å². The van der Waals surface area contributed by atoms with E-state index in [1.807, 2.05) is 51.1 Å². The smallest absolute Gasteiger partial charge is 0.321 e. The van der Waals surface area contributed by atoms with E-state index < -0.39 is 11.9 Å². The van der Waals surface area contributed by atoms with Gasteiger partial charge in [0, 0.05) is 5.56 Å². The molecular formula is C21H25O4P. The van der Waals surface area contributed by atoms with E-state index >= 15 is 0 Å². The van der Waals surface area contributed by atoms with Crippen molar-refractivity contribution in [2.75, 3.05) is 0 Å². The maximum Gasteiger partial charge on any atom is 0.321 e. The van der Waals surface area contributed by atoms with Gasteiger partial charge in [0.05, 0.1) is 6.10 Å². The Labute approximate surface area is 157 Å². The fourth-order valence-electron chi connectivity index (χ4n) is 3.05. The Kier molecular flexibility index (Phi) is 8.34. The first-order valence-corrected chi connectivity index (χ1v) is 8.80. The lowest BCUT2D eigenvalue weighted by atomic mass is 9.86. The van der Waals surface area contributed by atoms with Crippen molar-refractivity contribution in [1.29, 1.82) is 0 Å². The zero-order valence-electron chi connectivity index (χ0n) is 15.8. The van der Waals surface area contributed by atoms with Gasteiger partial charge in [-0.05, 0) is 51.3 Å². The molecule has 0 spiro atoms. The zero-order valence-corrected chi connectivity index (χ0v) is 16.8. The van der Waals surface area contributed by atoms with Gasteiger partial charge >= 0.3 is 5.97 Å². The van der Waals surface area contributed by atoms with Crippen molar-refractivity contribution < 1.29 is 18.9 Å². The van der Waals surface area contributed by atoms with Crippen LogP contribution in [0.15, 0.2) is 42.5 Å². The zero-order chi connectivity index (χ0) is 19.9. The number of benzene rings is 2. The third kappa shape index (κ3) is 5.34. The van der Waals surface area contributed by atoms with Gasteiger partial charge in [-0.3, -0.25) is 14.2 Å². The molecule has 0 amide bonds. The van der Waals surface area contributed by atoms with Crippen LogP contribution in [-0.4, -0.2) is 17.9 Å². The van der Waals surface area contributed by atoms with Crippen molar-refractivity contribution in [1.82, 2.24) is 0 Å². The van der Waals surface area contributed by atoms with Crippen LogP contribution in [0.2, 0.25) is 0 Å². The SMILES string of the molecule is Cc1cc(C)c(C(=O)C(C(=O)OC(C)C)c2ccccc2)c(C)c1.O=P. The van der Waals surface area contributed by atoms with E-state index in [4.69, 9.17) is 9.30 Å². The molecule has 0 N–H and O–H groups in total. The molecule has 0 bridgehead atoms. The quantitative estimate of drug-likeness (QED) is 0.321. The summed E-state index contributed by atoms with van der Waals surface area (Å²) >= 11 is 0. The normalized spacial score (nSPS) is 11.3. The molecule has 2 aromatic carbocycles. The van der Waals surface area contributed by atoms with Gasteiger partial charge in [0.15, 0.2) is 5.78 Å². The van der Waals surface area contributed by atoms with Crippen LogP contribution < -0.4 is 0 Å². The first-order chi connectivity index (χ1) is 12.3. The molecule has 0 aromatic heterocycles. The Hall–Kier alpha value is -2.32. The van der Waals surface area contributed by atoms with Crippen molar-refractivity contribution in [3.63, 3.8) is 0 Å². The summed E-state index contributed by atoms with van der Waals surface area (Å²) in [5.74, 6) is -1.64. The number of ketones is 1. The van der Waals surface area contributed by atoms with Crippen LogP contribution in [0, 0.1) is 20.8 Å². The van der Waals surface area contributed by atoms with Crippen LogP contribution in [0.1, 0.15) is 52.4 Å². The fraction of sp³-hybridized carbons (Fsp3) is 0.333.